The Morgan fingerprint density at radius 2 is 1.89 bits per heavy atom. The summed E-state index contributed by atoms with van der Waals surface area (Å²) in [4.78, 5) is 28.9. The minimum Gasteiger partial charge on any atom is -0.461 e. The zero-order valence-corrected chi connectivity index (χ0v) is 12.3. The van der Waals surface area contributed by atoms with Crippen LogP contribution in [0.15, 0.2) is 0 Å². The van der Waals surface area contributed by atoms with Crippen molar-refractivity contribution in [1.29, 1.82) is 0 Å². The number of ketones is 1. The molecule has 1 N–H and O–H groups in total. The SMILES string of the molecule is CCOC(=O)c1[nH]c(C)c(C(=O)CN(C)C)c1CC. The van der Waals surface area contributed by atoms with E-state index in [9.17, 15) is 9.59 Å². The Bertz CT molecular complexity index is 475. The molecule has 1 aromatic heterocycles. The molecule has 106 valence electrons. The minimum atomic E-state index is -0.397. The molecule has 5 nitrogen and oxygen atoms in total. The average Bonchev–Trinajstić information content (AvgIpc) is 2.65. The lowest BCUT2D eigenvalue weighted by atomic mass is 10.0. The quantitative estimate of drug-likeness (QED) is 0.630. The van der Waals surface area contributed by atoms with Crippen molar-refractivity contribution in [1.82, 2.24) is 9.88 Å². The number of H-pyrrole nitrogens is 1. The van der Waals surface area contributed by atoms with Gasteiger partial charge in [0.05, 0.1) is 13.2 Å². The molecule has 0 unspecified atom stereocenters. The van der Waals surface area contributed by atoms with Gasteiger partial charge in [0.2, 0.25) is 0 Å². The van der Waals surface area contributed by atoms with Gasteiger partial charge in [-0.05, 0) is 39.9 Å². The second-order valence-corrected chi connectivity index (χ2v) is 4.71. The van der Waals surface area contributed by atoms with Gasteiger partial charge in [-0.1, -0.05) is 6.92 Å². The van der Waals surface area contributed by atoms with E-state index in [0.29, 0.717) is 30.8 Å². The van der Waals surface area contributed by atoms with Gasteiger partial charge >= 0.3 is 5.97 Å². The molecule has 0 aliphatic carbocycles. The molecule has 0 saturated carbocycles. The summed E-state index contributed by atoms with van der Waals surface area (Å²) >= 11 is 0. The summed E-state index contributed by atoms with van der Waals surface area (Å²) in [7, 11) is 3.69. The number of rotatable bonds is 6. The van der Waals surface area contributed by atoms with E-state index in [-0.39, 0.29) is 5.78 Å². The Morgan fingerprint density at radius 3 is 2.37 bits per heavy atom. The summed E-state index contributed by atoms with van der Waals surface area (Å²) in [5.74, 6) is -0.377. The molecule has 0 bridgehead atoms. The van der Waals surface area contributed by atoms with Gasteiger partial charge in [-0.2, -0.15) is 0 Å². The first-order valence-corrected chi connectivity index (χ1v) is 6.48. The fourth-order valence-corrected chi connectivity index (χ4v) is 2.15. The number of hydrogen-bond donors (Lipinski definition) is 1. The van der Waals surface area contributed by atoms with Gasteiger partial charge in [-0.3, -0.25) is 4.79 Å². The van der Waals surface area contributed by atoms with Crippen molar-refractivity contribution in [3.63, 3.8) is 0 Å². The molecule has 0 aliphatic heterocycles. The van der Waals surface area contributed by atoms with E-state index in [1.807, 2.05) is 32.8 Å². The molecule has 0 aliphatic rings. The summed E-state index contributed by atoms with van der Waals surface area (Å²) in [6.07, 6.45) is 0.618. The third kappa shape index (κ3) is 3.44. The number of ether oxygens (including phenoxy) is 1. The maximum Gasteiger partial charge on any atom is 0.355 e. The van der Waals surface area contributed by atoms with Crippen molar-refractivity contribution < 1.29 is 14.3 Å². The monoisotopic (exact) mass is 266 g/mol. The van der Waals surface area contributed by atoms with Crippen LogP contribution in [-0.4, -0.2) is 48.9 Å². The Morgan fingerprint density at radius 1 is 1.26 bits per heavy atom. The largest absolute Gasteiger partial charge is 0.461 e. The highest BCUT2D eigenvalue weighted by molar-refractivity contribution is 6.03. The van der Waals surface area contributed by atoms with E-state index < -0.39 is 5.97 Å². The average molecular weight is 266 g/mol. The molecular formula is C14H22N2O3. The first-order chi connectivity index (χ1) is 8.92. The third-order valence-electron chi connectivity index (χ3n) is 2.86. The van der Waals surface area contributed by atoms with Crippen LogP contribution < -0.4 is 0 Å². The lowest BCUT2D eigenvalue weighted by molar-refractivity contribution is 0.0519. The fraction of sp³-hybridized carbons (Fsp3) is 0.571. The predicted octanol–water partition coefficient (Wildman–Crippen LogP) is 1.81. The topological polar surface area (TPSA) is 62.4 Å². The maximum atomic E-state index is 12.2. The van der Waals surface area contributed by atoms with Crippen LogP contribution in [0.3, 0.4) is 0 Å². The van der Waals surface area contributed by atoms with Crippen LogP contribution in [0, 0.1) is 6.92 Å². The standard InChI is InChI=1S/C14H22N2O3/c1-6-10-12(11(17)8-16(4)5)9(3)15-13(10)14(18)19-7-2/h15H,6-8H2,1-5H3. The molecule has 5 heteroatoms. The van der Waals surface area contributed by atoms with Gasteiger partial charge in [0.15, 0.2) is 5.78 Å². The summed E-state index contributed by atoms with van der Waals surface area (Å²) < 4.78 is 5.01. The van der Waals surface area contributed by atoms with Gasteiger partial charge in [-0.15, -0.1) is 0 Å². The lowest BCUT2D eigenvalue weighted by Crippen LogP contribution is -2.22. The highest BCUT2D eigenvalue weighted by Gasteiger charge is 2.24. The Balaban J connectivity index is 3.18. The molecule has 0 fully saturated rings. The first-order valence-electron chi connectivity index (χ1n) is 6.48. The molecule has 19 heavy (non-hydrogen) atoms. The number of likely N-dealkylation sites (N-methyl/N-ethyl adjacent to an activating group) is 1. The number of aromatic amines is 1. The number of Topliss-reactive ketones (excluding diaryl/α,β-unsaturated/α-hetero) is 1. The number of carbonyl (C=O) groups is 2. The number of hydrogen-bond acceptors (Lipinski definition) is 4. The van der Waals surface area contributed by atoms with Crippen molar-refractivity contribution >= 4 is 11.8 Å². The van der Waals surface area contributed by atoms with Gasteiger partial charge in [0.25, 0.3) is 0 Å². The first kappa shape index (κ1) is 15.4. The molecule has 0 saturated heterocycles. The van der Waals surface area contributed by atoms with Crippen LogP contribution >= 0.6 is 0 Å². The van der Waals surface area contributed by atoms with E-state index in [4.69, 9.17) is 4.74 Å². The normalized spacial score (nSPS) is 10.8. The number of nitrogens with one attached hydrogen (secondary N) is 1. The molecular weight excluding hydrogens is 244 g/mol. The number of nitrogens with zero attached hydrogens (tertiary/aromatic N) is 1. The van der Waals surface area contributed by atoms with Gasteiger partial charge in [0, 0.05) is 11.3 Å². The van der Waals surface area contributed by atoms with Gasteiger partial charge < -0.3 is 14.6 Å². The molecule has 1 rings (SSSR count). The highest BCUT2D eigenvalue weighted by atomic mass is 16.5. The summed E-state index contributed by atoms with van der Waals surface area (Å²) in [5, 5.41) is 0. The second kappa shape index (κ2) is 6.52. The summed E-state index contributed by atoms with van der Waals surface area (Å²) in [6, 6.07) is 0. The third-order valence-corrected chi connectivity index (χ3v) is 2.86. The molecule has 0 aromatic carbocycles. The van der Waals surface area contributed by atoms with E-state index in [0.717, 1.165) is 11.3 Å². The molecule has 1 heterocycles. The Kier molecular flexibility index (Phi) is 5.30. The van der Waals surface area contributed by atoms with Crippen LogP contribution in [0.1, 0.15) is 46.0 Å². The van der Waals surface area contributed by atoms with Crippen molar-refractivity contribution in [3.05, 3.63) is 22.5 Å². The zero-order chi connectivity index (χ0) is 14.6. The van der Waals surface area contributed by atoms with Crippen LogP contribution in [0.2, 0.25) is 0 Å². The molecule has 0 spiro atoms. The lowest BCUT2D eigenvalue weighted by Gasteiger charge is -2.09. The predicted molar refractivity (Wildman–Crippen MR) is 73.7 cm³/mol. The number of aromatic nitrogens is 1. The molecule has 0 atom stereocenters. The van der Waals surface area contributed by atoms with E-state index in [1.165, 1.54) is 0 Å². The van der Waals surface area contributed by atoms with Crippen molar-refractivity contribution in [3.8, 4) is 0 Å². The van der Waals surface area contributed by atoms with Crippen molar-refractivity contribution in [2.75, 3.05) is 27.2 Å². The molecule has 0 amide bonds. The zero-order valence-electron chi connectivity index (χ0n) is 12.3. The van der Waals surface area contributed by atoms with Crippen LogP contribution in [0.25, 0.3) is 0 Å². The summed E-state index contributed by atoms with van der Waals surface area (Å²) in [6.45, 7) is 6.15. The molecule has 1 aromatic rings. The van der Waals surface area contributed by atoms with Crippen molar-refractivity contribution in [2.45, 2.75) is 27.2 Å². The van der Waals surface area contributed by atoms with Crippen LogP contribution in [-0.2, 0) is 11.2 Å². The summed E-state index contributed by atoms with van der Waals surface area (Å²) in [5.41, 5.74) is 2.51. The minimum absolute atomic E-state index is 0.0196. The van der Waals surface area contributed by atoms with Crippen LogP contribution in [0.4, 0.5) is 0 Å². The van der Waals surface area contributed by atoms with Gasteiger partial charge in [0.1, 0.15) is 5.69 Å². The smallest absolute Gasteiger partial charge is 0.355 e. The number of aryl methyl sites for hydroxylation is 1. The van der Waals surface area contributed by atoms with E-state index >= 15 is 0 Å². The highest BCUT2D eigenvalue weighted by Crippen LogP contribution is 2.21. The maximum absolute atomic E-state index is 12.2. The fourth-order valence-electron chi connectivity index (χ4n) is 2.15. The number of esters is 1. The number of carbonyl (C=O) groups excluding carboxylic acids is 2. The Hall–Kier alpha value is -1.62. The second-order valence-electron chi connectivity index (χ2n) is 4.71. The van der Waals surface area contributed by atoms with Gasteiger partial charge in [-0.25, -0.2) is 4.79 Å². The van der Waals surface area contributed by atoms with Crippen LogP contribution in [0.5, 0.6) is 0 Å². The van der Waals surface area contributed by atoms with E-state index in [1.54, 1.807) is 6.92 Å². The van der Waals surface area contributed by atoms with E-state index in [2.05, 4.69) is 4.98 Å². The Labute approximate surface area is 113 Å². The van der Waals surface area contributed by atoms with Crippen molar-refractivity contribution in [2.24, 2.45) is 0 Å². The molecule has 0 radical (unpaired) electrons.